The Morgan fingerprint density at radius 1 is 1.07 bits per heavy atom. The fourth-order valence-corrected chi connectivity index (χ4v) is 5.53. The van der Waals surface area contributed by atoms with E-state index >= 15 is 0 Å². The van der Waals surface area contributed by atoms with Crippen LogP contribution in [0.5, 0.6) is 5.75 Å². The molecule has 2 heterocycles. The van der Waals surface area contributed by atoms with Crippen molar-refractivity contribution in [2.24, 2.45) is 10.1 Å². The van der Waals surface area contributed by atoms with Crippen LogP contribution in [0.3, 0.4) is 0 Å². The van der Waals surface area contributed by atoms with Gasteiger partial charge in [0.15, 0.2) is 11.0 Å². The predicted octanol–water partition coefficient (Wildman–Crippen LogP) is 6.49. The molecule has 13 heteroatoms. The number of aryl methyl sites for hydroxylation is 2. The SMILES string of the molecule is Cc1cccc(C)c1N1C(=NC(=O)N/N=C/c2ccc(-c3ncn(-c4ccc(OC(F)(F)F)cc4)n3)cc2)SCC1C. The van der Waals surface area contributed by atoms with Crippen LogP contribution in [-0.4, -0.2) is 50.3 Å². The summed E-state index contributed by atoms with van der Waals surface area (Å²) < 4.78 is 42.5. The van der Waals surface area contributed by atoms with E-state index in [9.17, 15) is 18.0 Å². The lowest BCUT2D eigenvalue weighted by Gasteiger charge is -2.26. The van der Waals surface area contributed by atoms with E-state index in [0.29, 0.717) is 16.7 Å². The molecule has 2 amide bonds. The highest BCUT2D eigenvalue weighted by atomic mass is 32.2. The van der Waals surface area contributed by atoms with Crippen molar-refractivity contribution in [3.05, 3.63) is 89.7 Å². The zero-order valence-corrected chi connectivity index (χ0v) is 23.6. The Kier molecular flexibility index (Phi) is 8.29. The molecule has 0 radical (unpaired) electrons. The van der Waals surface area contributed by atoms with Crippen LogP contribution in [0.25, 0.3) is 17.1 Å². The highest BCUT2D eigenvalue weighted by Crippen LogP contribution is 2.34. The zero-order valence-electron chi connectivity index (χ0n) is 22.8. The standard InChI is InChI=1S/C29H26F3N7O2S/c1-18-5-4-6-19(2)25(18)39-20(3)16-42-28(39)35-27(40)36-34-15-21-7-9-22(10-8-21)26-33-17-38(37-26)23-11-13-24(14-12-23)41-29(30,31)32/h4-15,17,20H,16H2,1-3H3,(H,36,40)/b34-15+,35-28?. The predicted molar refractivity (Wildman–Crippen MR) is 157 cm³/mol. The topological polar surface area (TPSA) is 97.0 Å². The monoisotopic (exact) mass is 593 g/mol. The summed E-state index contributed by atoms with van der Waals surface area (Å²) in [6.07, 6.45) is -1.78. The first-order chi connectivity index (χ1) is 20.1. The smallest absolute Gasteiger partial charge is 0.406 e. The maximum atomic E-state index is 12.6. The molecule has 0 bridgehead atoms. The van der Waals surface area contributed by atoms with Gasteiger partial charge in [-0.1, -0.05) is 54.2 Å². The summed E-state index contributed by atoms with van der Waals surface area (Å²) in [7, 11) is 0. The molecule has 1 unspecified atom stereocenters. The molecular weight excluding hydrogens is 567 g/mol. The van der Waals surface area contributed by atoms with Crippen molar-refractivity contribution in [1.82, 2.24) is 20.2 Å². The molecule has 0 saturated carbocycles. The largest absolute Gasteiger partial charge is 0.573 e. The number of rotatable bonds is 6. The van der Waals surface area contributed by atoms with Crippen LogP contribution in [-0.2, 0) is 0 Å². The lowest BCUT2D eigenvalue weighted by Crippen LogP contribution is -2.33. The molecule has 1 atom stereocenters. The van der Waals surface area contributed by atoms with E-state index in [0.717, 1.165) is 33.7 Å². The lowest BCUT2D eigenvalue weighted by molar-refractivity contribution is -0.274. The Balaban J connectivity index is 1.20. The average molecular weight is 594 g/mol. The van der Waals surface area contributed by atoms with Crippen molar-refractivity contribution in [1.29, 1.82) is 0 Å². The first-order valence-electron chi connectivity index (χ1n) is 12.9. The molecule has 42 heavy (non-hydrogen) atoms. The highest BCUT2D eigenvalue weighted by Gasteiger charge is 2.31. The number of urea groups is 1. The minimum Gasteiger partial charge on any atom is -0.406 e. The fraction of sp³-hybridized carbons (Fsp3) is 0.207. The summed E-state index contributed by atoms with van der Waals surface area (Å²) >= 11 is 1.53. The molecule has 9 nitrogen and oxygen atoms in total. The molecule has 216 valence electrons. The van der Waals surface area contributed by atoms with Crippen molar-refractivity contribution in [2.45, 2.75) is 33.2 Å². The second kappa shape index (κ2) is 12.1. The molecule has 1 aliphatic rings. The van der Waals surface area contributed by atoms with Gasteiger partial charge in [0.05, 0.1) is 11.9 Å². The van der Waals surface area contributed by atoms with Crippen LogP contribution in [0.4, 0.5) is 23.7 Å². The summed E-state index contributed by atoms with van der Waals surface area (Å²) in [4.78, 5) is 23.2. The van der Waals surface area contributed by atoms with Gasteiger partial charge in [0.2, 0.25) is 0 Å². The Morgan fingerprint density at radius 2 is 1.76 bits per heavy atom. The number of alkyl halides is 3. The number of amides is 2. The van der Waals surface area contributed by atoms with Crippen molar-refractivity contribution in [3.63, 3.8) is 0 Å². The summed E-state index contributed by atoms with van der Waals surface area (Å²) in [5.74, 6) is 0.931. The van der Waals surface area contributed by atoms with Crippen LogP contribution in [0.15, 0.2) is 83.2 Å². The number of halogens is 3. The molecule has 1 aliphatic heterocycles. The average Bonchev–Trinajstić information content (AvgIpc) is 3.56. The number of aromatic nitrogens is 3. The van der Waals surface area contributed by atoms with Gasteiger partial charge in [0.1, 0.15) is 12.1 Å². The Labute approximate surface area is 244 Å². The van der Waals surface area contributed by atoms with Crippen molar-refractivity contribution in [3.8, 4) is 22.8 Å². The van der Waals surface area contributed by atoms with Gasteiger partial charge in [-0.15, -0.1) is 18.3 Å². The van der Waals surface area contributed by atoms with Crippen LogP contribution in [0.2, 0.25) is 0 Å². The highest BCUT2D eigenvalue weighted by molar-refractivity contribution is 8.14. The maximum absolute atomic E-state index is 12.6. The molecule has 1 N–H and O–H groups in total. The number of hydrogen-bond donors (Lipinski definition) is 1. The van der Waals surface area contributed by atoms with Crippen molar-refractivity contribution < 1.29 is 22.7 Å². The van der Waals surface area contributed by atoms with Gasteiger partial charge >= 0.3 is 12.4 Å². The Bertz CT molecular complexity index is 1610. The first-order valence-corrected chi connectivity index (χ1v) is 13.8. The summed E-state index contributed by atoms with van der Waals surface area (Å²) in [6.45, 7) is 6.20. The van der Waals surface area contributed by atoms with E-state index in [4.69, 9.17) is 0 Å². The number of anilines is 1. The first kappa shape index (κ1) is 28.9. The third-order valence-corrected chi connectivity index (χ3v) is 7.54. The number of aliphatic imine (C=N–C) groups is 1. The Hall–Kier alpha value is -4.65. The van der Waals surface area contributed by atoms with E-state index < -0.39 is 12.4 Å². The van der Waals surface area contributed by atoms with E-state index in [1.165, 1.54) is 53.3 Å². The van der Waals surface area contributed by atoms with Gasteiger partial charge < -0.3 is 9.64 Å². The minimum absolute atomic E-state index is 0.197. The van der Waals surface area contributed by atoms with E-state index in [1.54, 1.807) is 24.3 Å². The molecule has 1 fully saturated rings. The summed E-state index contributed by atoms with van der Waals surface area (Å²) in [5.41, 5.74) is 7.74. The molecular formula is C29H26F3N7O2S. The zero-order chi connectivity index (χ0) is 29.9. The number of benzene rings is 3. The van der Waals surface area contributed by atoms with E-state index in [2.05, 4.69) is 42.2 Å². The number of carbonyl (C=O) groups excluding carboxylic acids is 1. The molecule has 5 rings (SSSR count). The molecule has 4 aromatic rings. The molecule has 1 saturated heterocycles. The number of hydrogen-bond acceptors (Lipinski definition) is 6. The second-order valence-electron chi connectivity index (χ2n) is 9.52. The van der Waals surface area contributed by atoms with Gasteiger partial charge in [-0.2, -0.15) is 10.1 Å². The van der Waals surface area contributed by atoms with Gasteiger partial charge in [0.25, 0.3) is 0 Å². The van der Waals surface area contributed by atoms with Crippen LogP contribution in [0.1, 0.15) is 23.6 Å². The molecule has 3 aromatic carbocycles. The Morgan fingerprint density at radius 3 is 2.43 bits per heavy atom. The van der Waals surface area contributed by atoms with Crippen LogP contribution < -0.4 is 15.1 Å². The number of amidine groups is 1. The summed E-state index contributed by atoms with van der Waals surface area (Å²) in [5, 5.41) is 9.06. The fourth-order valence-electron chi connectivity index (χ4n) is 4.43. The van der Waals surface area contributed by atoms with E-state index in [1.807, 2.05) is 32.0 Å². The number of thioether (sulfide) groups is 1. The quantitative estimate of drug-likeness (QED) is 0.203. The van der Waals surface area contributed by atoms with Crippen molar-refractivity contribution in [2.75, 3.05) is 10.7 Å². The minimum atomic E-state index is -4.75. The normalized spacial score (nSPS) is 16.4. The van der Waals surface area contributed by atoms with Gasteiger partial charge in [-0.25, -0.2) is 19.9 Å². The number of carbonyl (C=O) groups is 1. The third-order valence-electron chi connectivity index (χ3n) is 6.35. The molecule has 1 aromatic heterocycles. The number of hydrazone groups is 1. The van der Waals surface area contributed by atoms with Crippen molar-refractivity contribution >= 4 is 34.9 Å². The number of nitrogens with one attached hydrogen (secondary N) is 1. The second-order valence-corrected chi connectivity index (χ2v) is 10.5. The van der Waals surface area contributed by atoms with Gasteiger partial charge in [-0.3, -0.25) is 0 Å². The van der Waals surface area contributed by atoms with E-state index in [-0.39, 0.29) is 11.8 Å². The van der Waals surface area contributed by atoms with Gasteiger partial charge in [-0.05, 0) is 61.7 Å². The number of nitrogens with zero attached hydrogens (tertiary/aromatic N) is 6. The maximum Gasteiger partial charge on any atom is 0.573 e. The van der Waals surface area contributed by atoms with Gasteiger partial charge in [0, 0.05) is 23.0 Å². The lowest BCUT2D eigenvalue weighted by atomic mass is 10.1. The summed E-state index contributed by atoms with van der Waals surface area (Å²) in [6, 6.07) is 18.2. The number of ether oxygens (including phenoxy) is 1. The third kappa shape index (κ3) is 6.79. The number of para-hydroxylation sites is 1. The molecule has 0 spiro atoms. The van der Waals surface area contributed by atoms with Crippen LogP contribution >= 0.6 is 11.8 Å². The van der Waals surface area contributed by atoms with Crippen LogP contribution in [0, 0.1) is 13.8 Å². The molecule has 0 aliphatic carbocycles.